The molecule has 3 rings (SSSR count). The Kier molecular flexibility index (Phi) is 5.45. The smallest absolute Gasteiger partial charge is 0.294 e. The first-order valence-electron chi connectivity index (χ1n) is 8.49. The predicted molar refractivity (Wildman–Crippen MR) is 102 cm³/mol. The van der Waals surface area contributed by atoms with Crippen LogP contribution in [0.1, 0.15) is 11.1 Å². The summed E-state index contributed by atoms with van der Waals surface area (Å²) in [6.07, 6.45) is 0. The fraction of sp³-hybridized carbons (Fsp3) is 0.333. The quantitative estimate of drug-likeness (QED) is 0.621. The SMILES string of the molecule is Cc1cc(C)cc(Nc2ccc(S(=O)(=O)N3CCOCC3)cc2[N+](=O)[O-])c1. The molecule has 1 N–H and O–H groups in total. The third-order valence-electron chi connectivity index (χ3n) is 4.27. The predicted octanol–water partition coefficient (Wildman–Crippen LogP) is 2.98. The summed E-state index contributed by atoms with van der Waals surface area (Å²) in [6, 6.07) is 9.67. The van der Waals surface area contributed by atoms with Crippen LogP contribution in [0.2, 0.25) is 0 Å². The molecule has 1 fully saturated rings. The van der Waals surface area contributed by atoms with Crippen molar-refractivity contribution in [3.05, 3.63) is 57.6 Å². The van der Waals surface area contributed by atoms with Crippen LogP contribution >= 0.6 is 0 Å². The van der Waals surface area contributed by atoms with E-state index in [1.54, 1.807) is 0 Å². The average Bonchev–Trinajstić information content (AvgIpc) is 2.61. The summed E-state index contributed by atoms with van der Waals surface area (Å²) in [7, 11) is -3.80. The molecule has 0 aromatic heterocycles. The van der Waals surface area contributed by atoms with E-state index in [-0.39, 0.29) is 29.4 Å². The van der Waals surface area contributed by atoms with Crippen molar-refractivity contribution in [1.82, 2.24) is 4.31 Å². The van der Waals surface area contributed by atoms with Gasteiger partial charge in [0.1, 0.15) is 5.69 Å². The van der Waals surface area contributed by atoms with Crippen molar-refractivity contribution in [3.63, 3.8) is 0 Å². The number of hydrogen-bond acceptors (Lipinski definition) is 6. The van der Waals surface area contributed by atoms with E-state index in [2.05, 4.69) is 5.32 Å². The highest BCUT2D eigenvalue weighted by Crippen LogP contribution is 2.32. The molecule has 0 unspecified atom stereocenters. The van der Waals surface area contributed by atoms with E-state index in [0.29, 0.717) is 18.9 Å². The zero-order valence-electron chi connectivity index (χ0n) is 15.1. The van der Waals surface area contributed by atoms with Gasteiger partial charge in [-0.25, -0.2) is 8.42 Å². The number of hydrogen-bond donors (Lipinski definition) is 1. The molecule has 8 nitrogen and oxygen atoms in total. The van der Waals surface area contributed by atoms with Gasteiger partial charge in [-0.05, 0) is 49.2 Å². The molecule has 144 valence electrons. The molecule has 2 aromatic carbocycles. The molecule has 0 spiro atoms. The molecule has 0 saturated carbocycles. The Hall–Kier alpha value is -2.49. The molecule has 0 bridgehead atoms. The summed E-state index contributed by atoms with van der Waals surface area (Å²) in [6.45, 7) is 4.97. The number of nitrogens with one attached hydrogen (secondary N) is 1. The second-order valence-corrected chi connectivity index (χ2v) is 8.39. The minimum Gasteiger partial charge on any atom is -0.379 e. The molecule has 1 aliphatic heterocycles. The van der Waals surface area contributed by atoms with Crippen molar-refractivity contribution in [2.75, 3.05) is 31.6 Å². The molecule has 0 aliphatic carbocycles. The van der Waals surface area contributed by atoms with Crippen LogP contribution in [-0.4, -0.2) is 43.9 Å². The van der Waals surface area contributed by atoms with Crippen LogP contribution < -0.4 is 5.32 Å². The van der Waals surface area contributed by atoms with Crippen molar-refractivity contribution >= 4 is 27.1 Å². The molecule has 27 heavy (non-hydrogen) atoms. The van der Waals surface area contributed by atoms with Gasteiger partial charge < -0.3 is 10.1 Å². The van der Waals surface area contributed by atoms with Crippen LogP contribution in [0.5, 0.6) is 0 Å². The third kappa shape index (κ3) is 4.26. The second kappa shape index (κ2) is 7.63. The lowest BCUT2D eigenvalue weighted by Gasteiger charge is -2.26. The summed E-state index contributed by atoms with van der Waals surface area (Å²) in [4.78, 5) is 10.9. The highest BCUT2D eigenvalue weighted by atomic mass is 32.2. The number of nitro benzene ring substituents is 1. The maximum absolute atomic E-state index is 12.7. The molecule has 1 aliphatic rings. The topological polar surface area (TPSA) is 102 Å². The van der Waals surface area contributed by atoms with Gasteiger partial charge in [0.2, 0.25) is 10.0 Å². The number of nitrogens with zero attached hydrogens (tertiary/aromatic N) is 2. The molecular weight excluding hydrogens is 370 g/mol. The molecule has 0 amide bonds. The number of benzene rings is 2. The van der Waals surface area contributed by atoms with Gasteiger partial charge in [0.05, 0.1) is 23.0 Å². The number of morpholine rings is 1. The summed E-state index contributed by atoms with van der Waals surface area (Å²) >= 11 is 0. The first-order chi connectivity index (χ1) is 12.8. The summed E-state index contributed by atoms with van der Waals surface area (Å²) in [5, 5.41) is 14.6. The molecular formula is C18H21N3O5S. The minimum absolute atomic E-state index is 0.0953. The van der Waals surface area contributed by atoms with E-state index in [1.807, 2.05) is 32.0 Å². The van der Waals surface area contributed by atoms with Gasteiger partial charge in [0.15, 0.2) is 0 Å². The van der Waals surface area contributed by atoms with Crippen LogP contribution in [-0.2, 0) is 14.8 Å². The zero-order chi connectivity index (χ0) is 19.6. The highest BCUT2D eigenvalue weighted by Gasteiger charge is 2.28. The van der Waals surface area contributed by atoms with Gasteiger partial charge in [-0.3, -0.25) is 10.1 Å². The maximum atomic E-state index is 12.7. The summed E-state index contributed by atoms with van der Waals surface area (Å²) in [5.74, 6) is 0. The van der Waals surface area contributed by atoms with Crippen LogP contribution in [0.3, 0.4) is 0 Å². The Balaban J connectivity index is 1.96. The summed E-state index contributed by atoms with van der Waals surface area (Å²) in [5.41, 5.74) is 2.70. The fourth-order valence-corrected chi connectivity index (χ4v) is 4.50. The Morgan fingerprint density at radius 3 is 2.30 bits per heavy atom. The van der Waals surface area contributed by atoms with E-state index in [1.165, 1.54) is 16.4 Å². The number of sulfonamides is 1. The molecule has 0 atom stereocenters. The summed E-state index contributed by atoms with van der Waals surface area (Å²) < 4.78 is 32.0. The Bertz CT molecular complexity index is 949. The Labute approximate surface area is 158 Å². The monoisotopic (exact) mass is 391 g/mol. The van der Waals surface area contributed by atoms with E-state index < -0.39 is 14.9 Å². The van der Waals surface area contributed by atoms with Gasteiger partial charge in [-0.2, -0.15) is 4.31 Å². The molecule has 1 saturated heterocycles. The number of aryl methyl sites for hydroxylation is 2. The lowest BCUT2D eigenvalue weighted by Crippen LogP contribution is -2.40. The maximum Gasteiger partial charge on any atom is 0.294 e. The normalized spacial score (nSPS) is 15.5. The minimum atomic E-state index is -3.80. The lowest BCUT2D eigenvalue weighted by atomic mass is 10.1. The molecule has 0 radical (unpaired) electrons. The van der Waals surface area contributed by atoms with Crippen LogP contribution in [0.4, 0.5) is 17.1 Å². The number of anilines is 2. The van der Waals surface area contributed by atoms with Crippen LogP contribution in [0.25, 0.3) is 0 Å². The lowest BCUT2D eigenvalue weighted by molar-refractivity contribution is -0.384. The molecule has 2 aromatic rings. The Morgan fingerprint density at radius 1 is 1.07 bits per heavy atom. The van der Waals surface area contributed by atoms with Crippen LogP contribution in [0.15, 0.2) is 41.3 Å². The van der Waals surface area contributed by atoms with E-state index in [0.717, 1.165) is 17.2 Å². The zero-order valence-corrected chi connectivity index (χ0v) is 16.0. The Morgan fingerprint density at radius 2 is 1.70 bits per heavy atom. The number of nitro groups is 1. The first kappa shape index (κ1) is 19.3. The number of ether oxygens (including phenoxy) is 1. The second-order valence-electron chi connectivity index (χ2n) is 6.45. The van der Waals surface area contributed by atoms with E-state index in [4.69, 9.17) is 4.74 Å². The fourth-order valence-electron chi connectivity index (χ4n) is 3.07. The van der Waals surface area contributed by atoms with Crippen molar-refractivity contribution < 1.29 is 18.1 Å². The average molecular weight is 391 g/mol. The first-order valence-corrected chi connectivity index (χ1v) is 9.93. The largest absolute Gasteiger partial charge is 0.379 e. The molecule has 1 heterocycles. The van der Waals surface area contributed by atoms with Crippen molar-refractivity contribution in [2.45, 2.75) is 18.7 Å². The van der Waals surface area contributed by atoms with Crippen molar-refractivity contribution in [1.29, 1.82) is 0 Å². The van der Waals surface area contributed by atoms with E-state index >= 15 is 0 Å². The third-order valence-corrected chi connectivity index (χ3v) is 6.17. The van der Waals surface area contributed by atoms with Gasteiger partial charge in [-0.15, -0.1) is 0 Å². The van der Waals surface area contributed by atoms with Crippen LogP contribution in [0, 0.1) is 24.0 Å². The van der Waals surface area contributed by atoms with Gasteiger partial charge in [0, 0.05) is 24.8 Å². The molecule has 9 heteroatoms. The number of rotatable bonds is 5. The van der Waals surface area contributed by atoms with Crippen molar-refractivity contribution in [3.8, 4) is 0 Å². The van der Waals surface area contributed by atoms with Crippen molar-refractivity contribution in [2.24, 2.45) is 0 Å². The van der Waals surface area contributed by atoms with E-state index in [9.17, 15) is 18.5 Å². The highest BCUT2D eigenvalue weighted by molar-refractivity contribution is 7.89. The van der Waals surface area contributed by atoms with Gasteiger partial charge >= 0.3 is 0 Å². The van der Waals surface area contributed by atoms with Gasteiger partial charge in [0.25, 0.3) is 5.69 Å². The standard InChI is InChI=1S/C18H21N3O5S/c1-13-9-14(2)11-15(10-13)19-17-4-3-16(12-18(17)21(22)23)27(24,25)20-5-7-26-8-6-20/h3-4,9-12,19H,5-8H2,1-2H3. The van der Waals surface area contributed by atoms with Gasteiger partial charge in [-0.1, -0.05) is 6.07 Å².